The second-order valence-corrected chi connectivity index (χ2v) is 3.34. The second kappa shape index (κ2) is 3.17. The Morgan fingerprint density at radius 2 is 1.80 bits per heavy atom. The fourth-order valence-corrected chi connectivity index (χ4v) is 0.520. The molecule has 2 nitrogen and oxygen atoms in total. The molecule has 0 aliphatic heterocycles. The van der Waals surface area contributed by atoms with Crippen molar-refractivity contribution in [3.8, 4) is 0 Å². The first-order chi connectivity index (χ1) is 4.34. The summed E-state index contributed by atoms with van der Waals surface area (Å²) in [5.74, 6) is 0. The molecule has 0 rings (SSSR count). The van der Waals surface area contributed by atoms with Gasteiger partial charge in [-0.3, -0.25) is 0 Å². The molecule has 0 fully saturated rings. The molecule has 0 aliphatic rings. The van der Waals surface area contributed by atoms with E-state index in [0.29, 0.717) is 0 Å². The Hall–Kier alpha value is -0.340. The highest BCUT2D eigenvalue weighted by atomic mass is 16.3. The SMILES string of the molecule is CC(C)=C[C@H](O)C(C)(C)O. The van der Waals surface area contributed by atoms with Gasteiger partial charge in [-0.2, -0.15) is 0 Å². The molecule has 60 valence electrons. The summed E-state index contributed by atoms with van der Waals surface area (Å²) in [6.07, 6.45) is 0.873. The first kappa shape index (κ1) is 9.66. The molecule has 0 aromatic heterocycles. The van der Waals surface area contributed by atoms with Gasteiger partial charge in [-0.05, 0) is 27.7 Å². The van der Waals surface area contributed by atoms with Crippen LogP contribution in [0.5, 0.6) is 0 Å². The summed E-state index contributed by atoms with van der Waals surface area (Å²) in [4.78, 5) is 0. The van der Waals surface area contributed by atoms with Crippen molar-refractivity contribution in [2.75, 3.05) is 0 Å². The van der Waals surface area contributed by atoms with Crippen LogP contribution in [0.2, 0.25) is 0 Å². The van der Waals surface area contributed by atoms with Gasteiger partial charge in [-0.25, -0.2) is 0 Å². The van der Waals surface area contributed by atoms with Crippen LogP contribution in [0.4, 0.5) is 0 Å². The van der Waals surface area contributed by atoms with Gasteiger partial charge in [0.15, 0.2) is 0 Å². The van der Waals surface area contributed by atoms with Crippen LogP contribution in [-0.4, -0.2) is 21.9 Å². The Morgan fingerprint density at radius 3 is 1.90 bits per heavy atom. The third-order valence-electron chi connectivity index (χ3n) is 1.22. The highest BCUT2D eigenvalue weighted by Crippen LogP contribution is 2.10. The average molecular weight is 144 g/mol. The lowest BCUT2D eigenvalue weighted by atomic mass is 10.0. The fraction of sp³-hybridized carbons (Fsp3) is 0.750. The van der Waals surface area contributed by atoms with Crippen molar-refractivity contribution in [2.24, 2.45) is 0 Å². The zero-order valence-electron chi connectivity index (χ0n) is 7.05. The molecule has 0 radical (unpaired) electrons. The molecule has 0 spiro atoms. The summed E-state index contributed by atoms with van der Waals surface area (Å²) >= 11 is 0. The van der Waals surface area contributed by atoms with Gasteiger partial charge in [-0.15, -0.1) is 0 Å². The third-order valence-corrected chi connectivity index (χ3v) is 1.22. The molecule has 2 N–H and O–H groups in total. The predicted octanol–water partition coefficient (Wildman–Crippen LogP) is 1.08. The number of aliphatic hydroxyl groups is 2. The van der Waals surface area contributed by atoms with Crippen LogP contribution in [-0.2, 0) is 0 Å². The summed E-state index contributed by atoms with van der Waals surface area (Å²) in [5.41, 5.74) is -0.0216. The summed E-state index contributed by atoms with van der Waals surface area (Å²) in [7, 11) is 0. The maximum atomic E-state index is 9.24. The molecule has 0 bridgehead atoms. The zero-order valence-corrected chi connectivity index (χ0v) is 7.05. The Balaban J connectivity index is 4.11. The van der Waals surface area contributed by atoms with E-state index in [-0.39, 0.29) is 0 Å². The minimum Gasteiger partial charge on any atom is -0.387 e. The lowest BCUT2D eigenvalue weighted by Crippen LogP contribution is -2.34. The van der Waals surface area contributed by atoms with E-state index < -0.39 is 11.7 Å². The summed E-state index contributed by atoms with van der Waals surface area (Å²) in [5, 5.41) is 18.5. The van der Waals surface area contributed by atoms with Crippen molar-refractivity contribution in [3.05, 3.63) is 11.6 Å². The topological polar surface area (TPSA) is 40.5 Å². The molecule has 10 heavy (non-hydrogen) atoms. The van der Waals surface area contributed by atoms with Gasteiger partial charge in [0.25, 0.3) is 0 Å². The van der Waals surface area contributed by atoms with Gasteiger partial charge in [-0.1, -0.05) is 11.6 Å². The third kappa shape index (κ3) is 3.64. The predicted molar refractivity (Wildman–Crippen MR) is 41.7 cm³/mol. The molecule has 0 aromatic rings. The van der Waals surface area contributed by atoms with Gasteiger partial charge in [0.1, 0.15) is 6.10 Å². The summed E-state index contributed by atoms with van der Waals surface area (Å²) in [6, 6.07) is 0. The van der Waals surface area contributed by atoms with E-state index in [1.807, 2.05) is 13.8 Å². The summed E-state index contributed by atoms with van der Waals surface area (Å²) in [6.45, 7) is 6.93. The van der Waals surface area contributed by atoms with Gasteiger partial charge in [0, 0.05) is 0 Å². The van der Waals surface area contributed by atoms with Gasteiger partial charge in [0.2, 0.25) is 0 Å². The van der Waals surface area contributed by atoms with Gasteiger partial charge >= 0.3 is 0 Å². The van der Waals surface area contributed by atoms with Crippen molar-refractivity contribution < 1.29 is 10.2 Å². The van der Waals surface area contributed by atoms with Crippen LogP contribution >= 0.6 is 0 Å². The van der Waals surface area contributed by atoms with E-state index in [1.54, 1.807) is 19.9 Å². The van der Waals surface area contributed by atoms with E-state index in [1.165, 1.54) is 0 Å². The second-order valence-electron chi connectivity index (χ2n) is 3.34. The van der Waals surface area contributed by atoms with Crippen molar-refractivity contribution in [3.63, 3.8) is 0 Å². The molecule has 0 saturated heterocycles. The average Bonchev–Trinajstić information content (AvgIpc) is 1.60. The van der Waals surface area contributed by atoms with Crippen LogP contribution in [0.1, 0.15) is 27.7 Å². The van der Waals surface area contributed by atoms with E-state index in [4.69, 9.17) is 0 Å². The quantitative estimate of drug-likeness (QED) is 0.569. The molecule has 0 heterocycles. The molecule has 0 saturated carbocycles. The maximum absolute atomic E-state index is 9.24. The smallest absolute Gasteiger partial charge is 0.100 e. The van der Waals surface area contributed by atoms with Crippen LogP contribution in [0.3, 0.4) is 0 Å². The fourth-order valence-electron chi connectivity index (χ4n) is 0.520. The largest absolute Gasteiger partial charge is 0.387 e. The van der Waals surface area contributed by atoms with E-state index >= 15 is 0 Å². The minimum absolute atomic E-state index is 0.766. The number of rotatable bonds is 2. The Labute approximate surface area is 62.2 Å². The minimum atomic E-state index is -1.03. The molecular weight excluding hydrogens is 128 g/mol. The first-order valence-electron chi connectivity index (χ1n) is 3.39. The lowest BCUT2D eigenvalue weighted by Gasteiger charge is -2.21. The highest BCUT2D eigenvalue weighted by molar-refractivity contribution is 5.02. The van der Waals surface area contributed by atoms with Crippen molar-refractivity contribution in [2.45, 2.75) is 39.4 Å². The van der Waals surface area contributed by atoms with Crippen molar-refractivity contribution >= 4 is 0 Å². The molecule has 0 unspecified atom stereocenters. The number of aliphatic hydroxyl groups excluding tert-OH is 1. The summed E-state index contributed by atoms with van der Waals surface area (Å²) < 4.78 is 0. The number of hydrogen-bond acceptors (Lipinski definition) is 2. The molecule has 2 heteroatoms. The van der Waals surface area contributed by atoms with Gasteiger partial charge < -0.3 is 10.2 Å². The van der Waals surface area contributed by atoms with Gasteiger partial charge in [0.05, 0.1) is 5.60 Å². The molecule has 0 amide bonds. The lowest BCUT2D eigenvalue weighted by molar-refractivity contribution is -0.0229. The Morgan fingerprint density at radius 1 is 1.40 bits per heavy atom. The zero-order chi connectivity index (χ0) is 8.36. The highest BCUT2D eigenvalue weighted by Gasteiger charge is 2.21. The maximum Gasteiger partial charge on any atom is 0.100 e. The van der Waals surface area contributed by atoms with Crippen LogP contribution in [0, 0.1) is 0 Å². The molecule has 0 aromatic carbocycles. The number of allylic oxidation sites excluding steroid dienone is 1. The monoisotopic (exact) mass is 144 g/mol. The first-order valence-corrected chi connectivity index (χ1v) is 3.39. The van der Waals surface area contributed by atoms with E-state index in [2.05, 4.69) is 0 Å². The van der Waals surface area contributed by atoms with Crippen LogP contribution in [0.15, 0.2) is 11.6 Å². The van der Waals surface area contributed by atoms with Crippen molar-refractivity contribution in [1.29, 1.82) is 0 Å². The van der Waals surface area contributed by atoms with Crippen LogP contribution < -0.4 is 0 Å². The van der Waals surface area contributed by atoms with Crippen molar-refractivity contribution in [1.82, 2.24) is 0 Å². The number of hydrogen-bond donors (Lipinski definition) is 2. The van der Waals surface area contributed by atoms with E-state index in [9.17, 15) is 10.2 Å². The van der Waals surface area contributed by atoms with E-state index in [0.717, 1.165) is 5.57 Å². The Bertz CT molecular complexity index is 127. The standard InChI is InChI=1S/C8H16O2/c1-6(2)5-7(9)8(3,4)10/h5,7,9-10H,1-4H3/t7-/m0/s1. The molecule has 1 atom stereocenters. The molecular formula is C8H16O2. The van der Waals surface area contributed by atoms with Crippen LogP contribution in [0.25, 0.3) is 0 Å². The molecule has 0 aliphatic carbocycles. The normalized spacial score (nSPS) is 14.6. The Kier molecular flexibility index (Phi) is 3.06.